The van der Waals surface area contributed by atoms with E-state index in [9.17, 15) is 14.2 Å². The molecule has 33 heavy (non-hydrogen) atoms. The molecule has 3 N–H and O–H groups in total. The van der Waals surface area contributed by atoms with E-state index in [0.717, 1.165) is 10.4 Å². The van der Waals surface area contributed by atoms with E-state index in [4.69, 9.17) is 19.5 Å². The fraction of sp³-hybridized carbons (Fsp3) is 0.217. The zero-order valence-electron chi connectivity index (χ0n) is 18.3. The Labute approximate surface area is 196 Å². The highest BCUT2D eigenvalue weighted by Gasteiger charge is 2.25. The Balaban J connectivity index is 1.66. The van der Waals surface area contributed by atoms with Gasteiger partial charge in [0.25, 0.3) is 5.91 Å². The highest BCUT2D eigenvalue weighted by atomic mass is 32.1. The molecule has 10 heteroatoms. The molecule has 2 aromatic carbocycles. The van der Waals surface area contributed by atoms with Crippen LogP contribution >= 0.6 is 18.9 Å². The van der Waals surface area contributed by atoms with E-state index in [2.05, 4.69) is 5.32 Å². The summed E-state index contributed by atoms with van der Waals surface area (Å²) in [5.41, 5.74) is 9.01. The van der Waals surface area contributed by atoms with E-state index in [0.29, 0.717) is 22.5 Å². The van der Waals surface area contributed by atoms with Gasteiger partial charge in [0.05, 0.1) is 24.1 Å². The Kier molecular flexibility index (Phi) is 8.41. The Bertz CT molecular complexity index is 1150. The average Bonchev–Trinajstić information content (AvgIpc) is 3.35. The normalized spacial score (nSPS) is 12.7. The van der Waals surface area contributed by atoms with Gasteiger partial charge in [-0.05, 0) is 53.8 Å². The molecule has 0 saturated carbocycles. The number of carbonyl (C=O) groups excluding carboxylic acids is 2. The highest BCUT2D eigenvalue weighted by molar-refractivity contribution is 7.53. The van der Waals surface area contributed by atoms with E-state index in [1.807, 2.05) is 29.6 Å². The third-order valence-corrected chi connectivity index (χ3v) is 7.41. The number of hydrogen-bond acceptors (Lipinski definition) is 8. The van der Waals surface area contributed by atoms with Crippen molar-refractivity contribution in [3.05, 3.63) is 71.1 Å². The molecule has 0 spiro atoms. The Morgan fingerprint density at radius 2 is 1.88 bits per heavy atom. The summed E-state index contributed by atoms with van der Waals surface area (Å²) in [5, 5.41) is 4.82. The number of carbonyl (C=O) groups is 2. The van der Waals surface area contributed by atoms with Crippen LogP contribution in [-0.2, 0) is 29.3 Å². The number of esters is 1. The van der Waals surface area contributed by atoms with Crippen LogP contribution in [0.3, 0.4) is 0 Å². The van der Waals surface area contributed by atoms with Gasteiger partial charge in [-0.1, -0.05) is 24.3 Å². The van der Waals surface area contributed by atoms with Gasteiger partial charge < -0.3 is 20.3 Å². The molecular weight excluding hydrogens is 463 g/mol. The lowest BCUT2D eigenvalue weighted by Crippen LogP contribution is -2.13. The number of anilines is 2. The molecule has 1 amide bonds. The van der Waals surface area contributed by atoms with Crippen molar-refractivity contribution in [2.75, 3.05) is 31.4 Å². The number of ether oxygens (including phenoxy) is 1. The molecule has 0 bridgehead atoms. The summed E-state index contributed by atoms with van der Waals surface area (Å²) in [6.07, 6.45) is -0.0549. The van der Waals surface area contributed by atoms with Crippen LogP contribution in [0.15, 0.2) is 60.0 Å². The smallest absolute Gasteiger partial charge is 0.335 e. The maximum atomic E-state index is 12.7. The van der Waals surface area contributed by atoms with Gasteiger partial charge >= 0.3 is 13.6 Å². The van der Waals surface area contributed by atoms with Gasteiger partial charge in [-0.15, -0.1) is 11.3 Å². The second kappa shape index (κ2) is 11.2. The first-order valence-electron chi connectivity index (χ1n) is 10.1. The molecule has 0 radical (unpaired) electrons. The maximum absolute atomic E-state index is 12.7. The first-order valence-corrected chi connectivity index (χ1v) is 12.7. The number of amides is 1. The van der Waals surface area contributed by atoms with Crippen molar-refractivity contribution in [3.63, 3.8) is 0 Å². The minimum absolute atomic E-state index is 0.0549. The predicted molar refractivity (Wildman–Crippen MR) is 129 cm³/mol. The number of hydrogen-bond donors (Lipinski definition) is 2. The Morgan fingerprint density at radius 1 is 1.12 bits per heavy atom. The molecule has 1 unspecified atom stereocenters. The number of nitrogen functional groups attached to an aromatic ring is 1. The fourth-order valence-corrected chi connectivity index (χ4v) is 4.97. The molecule has 1 atom stereocenters. The lowest BCUT2D eigenvalue weighted by atomic mass is 10.1. The predicted octanol–water partition coefficient (Wildman–Crippen LogP) is 5.17. The van der Waals surface area contributed by atoms with Crippen molar-refractivity contribution in [1.82, 2.24) is 0 Å². The molecule has 0 saturated heterocycles. The number of nitrogens with one attached hydrogen (secondary N) is 1. The first-order chi connectivity index (χ1) is 15.8. The van der Waals surface area contributed by atoms with Gasteiger partial charge in [0, 0.05) is 17.6 Å². The summed E-state index contributed by atoms with van der Waals surface area (Å²) < 4.78 is 27.7. The van der Waals surface area contributed by atoms with E-state index in [1.165, 1.54) is 7.11 Å². The van der Waals surface area contributed by atoms with Gasteiger partial charge in [0.2, 0.25) is 0 Å². The monoisotopic (exact) mass is 488 g/mol. The number of nitrogens with two attached hydrogens (primary N) is 1. The molecule has 0 aliphatic rings. The minimum atomic E-state index is -3.55. The van der Waals surface area contributed by atoms with Crippen LogP contribution < -0.4 is 11.1 Å². The quantitative estimate of drug-likeness (QED) is 0.230. The van der Waals surface area contributed by atoms with Crippen LogP contribution in [0.5, 0.6) is 0 Å². The standard InChI is InChI=1S/C23H25N2O6PS/c1-3-30-22(26)14-31-32(28,29-2)15-16-6-8-17(9-7-16)23(27)25-20-13-18(10-11-19(20)24)21-5-4-12-33-21/h4-13H,3,14-15,24H2,1-2H3,(H,25,27). The first kappa shape index (κ1) is 24.7. The Hall–Kier alpha value is -2.97. The molecular formula is C23H25N2O6PS. The molecule has 3 aromatic rings. The van der Waals surface area contributed by atoms with Crippen LogP contribution in [0.25, 0.3) is 10.4 Å². The largest absolute Gasteiger partial charge is 0.464 e. The van der Waals surface area contributed by atoms with Gasteiger partial charge in [-0.3, -0.25) is 13.9 Å². The Morgan fingerprint density at radius 3 is 2.52 bits per heavy atom. The molecule has 3 rings (SSSR count). The lowest BCUT2D eigenvalue weighted by Gasteiger charge is -2.16. The molecule has 0 aliphatic carbocycles. The molecule has 0 fully saturated rings. The summed E-state index contributed by atoms with van der Waals surface area (Å²) in [6.45, 7) is 1.40. The van der Waals surface area contributed by atoms with Gasteiger partial charge in [0.15, 0.2) is 6.61 Å². The summed E-state index contributed by atoms with van der Waals surface area (Å²) in [7, 11) is -2.29. The van der Waals surface area contributed by atoms with Crippen LogP contribution in [-0.4, -0.2) is 32.2 Å². The van der Waals surface area contributed by atoms with Crippen molar-refractivity contribution >= 4 is 42.2 Å². The van der Waals surface area contributed by atoms with Crippen molar-refractivity contribution in [2.24, 2.45) is 0 Å². The third-order valence-electron chi connectivity index (χ3n) is 4.66. The number of thiophene rings is 1. The maximum Gasteiger partial charge on any atom is 0.335 e. The highest BCUT2D eigenvalue weighted by Crippen LogP contribution is 2.50. The van der Waals surface area contributed by atoms with Crippen molar-refractivity contribution < 1.29 is 27.9 Å². The zero-order valence-corrected chi connectivity index (χ0v) is 20.0. The van der Waals surface area contributed by atoms with Gasteiger partial charge in [0.1, 0.15) is 0 Å². The molecule has 0 aliphatic heterocycles. The van der Waals surface area contributed by atoms with Gasteiger partial charge in [-0.25, -0.2) is 4.79 Å². The van der Waals surface area contributed by atoms with Crippen LogP contribution in [0.4, 0.5) is 11.4 Å². The van der Waals surface area contributed by atoms with Crippen LogP contribution in [0, 0.1) is 0 Å². The van der Waals surface area contributed by atoms with Crippen LogP contribution in [0.2, 0.25) is 0 Å². The molecule has 174 valence electrons. The van der Waals surface area contributed by atoms with Gasteiger partial charge in [-0.2, -0.15) is 0 Å². The average molecular weight is 489 g/mol. The summed E-state index contributed by atoms with van der Waals surface area (Å²) >= 11 is 1.60. The number of rotatable bonds is 10. The minimum Gasteiger partial charge on any atom is -0.464 e. The second-order valence-corrected chi connectivity index (χ2v) is 10.1. The second-order valence-electron chi connectivity index (χ2n) is 6.96. The molecule has 8 nitrogen and oxygen atoms in total. The summed E-state index contributed by atoms with van der Waals surface area (Å²) in [6, 6.07) is 16.0. The third kappa shape index (κ3) is 6.76. The SMILES string of the molecule is CCOC(=O)COP(=O)(Cc1ccc(C(=O)Nc2cc(-c3cccs3)ccc2N)cc1)OC. The van der Waals surface area contributed by atoms with Crippen molar-refractivity contribution in [2.45, 2.75) is 13.1 Å². The lowest BCUT2D eigenvalue weighted by molar-refractivity contribution is -0.145. The van der Waals surface area contributed by atoms with E-state index in [1.54, 1.807) is 48.6 Å². The fourth-order valence-electron chi connectivity index (χ4n) is 2.96. The topological polar surface area (TPSA) is 117 Å². The van der Waals surface area contributed by atoms with E-state index in [-0.39, 0.29) is 18.7 Å². The van der Waals surface area contributed by atoms with Crippen LogP contribution in [0.1, 0.15) is 22.8 Å². The summed E-state index contributed by atoms with van der Waals surface area (Å²) in [5.74, 6) is -0.950. The van der Waals surface area contributed by atoms with E-state index < -0.39 is 20.2 Å². The van der Waals surface area contributed by atoms with Crippen molar-refractivity contribution in [3.8, 4) is 10.4 Å². The molecule has 1 aromatic heterocycles. The van der Waals surface area contributed by atoms with Crippen molar-refractivity contribution in [1.29, 1.82) is 0 Å². The summed E-state index contributed by atoms with van der Waals surface area (Å²) in [4.78, 5) is 25.3. The molecule has 1 heterocycles. The number of benzene rings is 2. The van der Waals surface area contributed by atoms with E-state index >= 15 is 0 Å². The zero-order chi connectivity index (χ0) is 23.8.